The highest BCUT2D eigenvalue weighted by Gasteiger charge is 2.42. The molecule has 2 fully saturated rings. The minimum atomic E-state index is 0.110. The maximum absolute atomic E-state index is 12.3. The molecule has 132 valence electrons. The van der Waals surface area contributed by atoms with Crippen molar-refractivity contribution in [3.8, 4) is 5.75 Å². The zero-order valence-corrected chi connectivity index (χ0v) is 15.0. The second kappa shape index (κ2) is 7.56. The topological polar surface area (TPSA) is 32.8 Å². The second-order valence-electron chi connectivity index (χ2n) is 7.71. The number of para-hydroxylation sites is 1. The first-order chi connectivity index (χ1) is 11.6. The summed E-state index contributed by atoms with van der Waals surface area (Å²) in [5.41, 5.74) is 0.315. The number of hydrogen-bond donors (Lipinski definition) is 0. The Labute approximate surface area is 145 Å². The van der Waals surface area contributed by atoms with Crippen molar-refractivity contribution in [1.29, 1.82) is 0 Å². The predicted octanol–water partition coefficient (Wildman–Crippen LogP) is 3.04. The van der Waals surface area contributed by atoms with Crippen molar-refractivity contribution < 1.29 is 9.53 Å². The quantitative estimate of drug-likeness (QED) is 0.832. The van der Waals surface area contributed by atoms with Gasteiger partial charge in [0.05, 0.1) is 0 Å². The number of nitrogens with zero attached hydrogens (tertiary/aromatic N) is 2. The number of rotatable bonds is 5. The summed E-state index contributed by atoms with van der Waals surface area (Å²) in [4.78, 5) is 16.9. The van der Waals surface area contributed by atoms with Gasteiger partial charge < -0.3 is 9.64 Å². The predicted molar refractivity (Wildman–Crippen MR) is 96.1 cm³/mol. The molecule has 0 aromatic heterocycles. The molecule has 0 bridgehead atoms. The number of benzene rings is 1. The van der Waals surface area contributed by atoms with Gasteiger partial charge in [0.1, 0.15) is 12.4 Å². The van der Waals surface area contributed by atoms with E-state index >= 15 is 0 Å². The lowest BCUT2D eigenvalue weighted by Gasteiger charge is -2.40. The molecule has 2 heterocycles. The smallest absolute Gasteiger partial charge is 0.225 e. The molecule has 1 aromatic carbocycles. The van der Waals surface area contributed by atoms with Gasteiger partial charge >= 0.3 is 0 Å². The molecular formula is C20H30N2O2. The van der Waals surface area contributed by atoms with E-state index in [4.69, 9.17) is 4.74 Å². The molecule has 0 radical (unpaired) electrons. The number of likely N-dealkylation sites (tertiary alicyclic amines) is 2. The average Bonchev–Trinajstić information content (AvgIpc) is 2.98. The highest BCUT2D eigenvalue weighted by atomic mass is 16.5. The van der Waals surface area contributed by atoms with Gasteiger partial charge in [-0.3, -0.25) is 9.69 Å². The number of carbonyl (C=O) groups is 1. The molecule has 1 amide bonds. The maximum Gasteiger partial charge on any atom is 0.225 e. The summed E-state index contributed by atoms with van der Waals surface area (Å²) < 4.78 is 5.84. The van der Waals surface area contributed by atoms with Gasteiger partial charge in [0, 0.05) is 37.5 Å². The van der Waals surface area contributed by atoms with Crippen LogP contribution in [0.1, 0.15) is 33.1 Å². The first kappa shape index (κ1) is 17.3. The minimum Gasteiger partial charge on any atom is -0.492 e. The molecule has 0 saturated carbocycles. The number of carbonyl (C=O) groups excluding carboxylic acids is 1. The van der Waals surface area contributed by atoms with E-state index in [9.17, 15) is 4.79 Å². The lowest BCUT2D eigenvalue weighted by molar-refractivity contribution is -0.134. The van der Waals surface area contributed by atoms with Crippen LogP contribution in [0.4, 0.5) is 0 Å². The van der Waals surface area contributed by atoms with E-state index in [2.05, 4.69) is 9.80 Å². The Balaban J connectivity index is 1.49. The van der Waals surface area contributed by atoms with Crippen LogP contribution in [0.25, 0.3) is 0 Å². The fourth-order valence-electron chi connectivity index (χ4n) is 4.13. The lowest BCUT2D eigenvalue weighted by Crippen LogP contribution is -2.46. The van der Waals surface area contributed by atoms with Crippen LogP contribution < -0.4 is 4.74 Å². The maximum atomic E-state index is 12.3. The molecule has 4 heteroatoms. The van der Waals surface area contributed by atoms with Gasteiger partial charge in [-0.25, -0.2) is 0 Å². The Kier molecular flexibility index (Phi) is 5.44. The number of piperidine rings is 1. The van der Waals surface area contributed by atoms with E-state index in [-0.39, 0.29) is 5.92 Å². The number of ether oxygens (including phenoxy) is 1. The Bertz CT molecular complexity index is 546. The van der Waals surface area contributed by atoms with E-state index in [1.807, 2.05) is 44.2 Å². The van der Waals surface area contributed by atoms with E-state index in [0.717, 1.165) is 51.5 Å². The summed E-state index contributed by atoms with van der Waals surface area (Å²) >= 11 is 0. The van der Waals surface area contributed by atoms with Crippen LogP contribution in [0.3, 0.4) is 0 Å². The van der Waals surface area contributed by atoms with Gasteiger partial charge in [-0.15, -0.1) is 0 Å². The largest absolute Gasteiger partial charge is 0.492 e. The highest BCUT2D eigenvalue weighted by Crippen LogP contribution is 2.39. The van der Waals surface area contributed by atoms with Crippen LogP contribution in [-0.4, -0.2) is 55.0 Å². The summed E-state index contributed by atoms with van der Waals surface area (Å²) in [6, 6.07) is 10.0. The first-order valence-electron chi connectivity index (χ1n) is 9.27. The van der Waals surface area contributed by atoms with Crippen molar-refractivity contribution in [2.45, 2.75) is 33.1 Å². The fourth-order valence-corrected chi connectivity index (χ4v) is 4.13. The van der Waals surface area contributed by atoms with Gasteiger partial charge in [0.2, 0.25) is 5.91 Å². The summed E-state index contributed by atoms with van der Waals surface area (Å²) in [6.07, 6.45) is 3.64. The Morgan fingerprint density at radius 2 is 1.96 bits per heavy atom. The zero-order valence-electron chi connectivity index (χ0n) is 15.0. The summed E-state index contributed by atoms with van der Waals surface area (Å²) in [7, 11) is 0. The fraction of sp³-hybridized carbons (Fsp3) is 0.650. The molecule has 0 aliphatic carbocycles. The third-order valence-electron chi connectivity index (χ3n) is 5.40. The van der Waals surface area contributed by atoms with Crippen molar-refractivity contribution in [3.05, 3.63) is 30.3 Å². The molecule has 4 nitrogen and oxygen atoms in total. The zero-order chi connectivity index (χ0) is 17.0. The van der Waals surface area contributed by atoms with Crippen molar-refractivity contribution >= 4 is 5.91 Å². The molecule has 1 spiro atoms. The van der Waals surface area contributed by atoms with E-state index in [0.29, 0.717) is 11.3 Å². The van der Waals surface area contributed by atoms with Gasteiger partial charge in [-0.1, -0.05) is 32.0 Å². The third-order valence-corrected chi connectivity index (χ3v) is 5.40. The summed E-state index contributed by atoms with van der Waals surface area (Å²) in [5, 5.41) is 0. The van der Waals surface area contributed by atoms with Crippen LogP contribution in [0.2, 0.25) is 0 Å². The van der Waals surface area contributed by atoms with Crippen LogP contribution in [0, 0.1) is 11.3 Å². The van der Waals surface area contributed by atoms with Gasteiger partial charge in [0.25, 0.3) is 0 Å². The second-order valence-corrected chi connectivity index (χ2v) is 7.71. The molecule has 1 atom stereocenters. The van der Waals surface area contributed by atoms with Gasteiger partial charge in [-0.05, 0) is 37.9 Å². The van der Waals surface area contributed by atoms with Crippen molar-refractivity contribution in [3.63, 3.8) is 0 Å². The number of amides is 1. The molecule has 0 N–H and O–H groups in total. The lowest BCUT2D eigenvalue weighted by atomic mass is 9.79. The standard InChI is InChI=1S/C20H30N2O2/c1-17(2)19(23)22-12-10-20(16-22)9-6-11-21(15-20)13-14-24-18-7-4-3-5-8-18/h3-5,7-8,17H,6,9-16H2,1-2H3/t20-/m1/s1. The monoisotopic (exact) mass is 330 g/mol. The molecule has 2 aliphatic rings. The molecule has 24 heavy (non-hydrogen) atoms. The highest BCUT2D eigenvalue weighted by molar-refractivity contribution is 5.78. The van der Waals surface area contributed by atoms with Gasteiger partial charge in [-0.2, -0.15) is 0 Å². The Morgan fingerprint density at radius 3 is 2.71 bits per heavy atom. The van der Waals surface area contributed by atoms with E-state index < -0.39 is 0 Å². The number of hydrogen-bond acceptors (Lipinski definition) is 3. The molecule has 2 saturated heterocycles. The van der Waals surface area contributed by atoms with Crippen LogP contribution in [-0.2, 0) is 4.79 Å². The molecule has 0 unspecified atom stereocenters. The van der Waals surface area contributed by atoms with E-state index in [1.165, 1.54) is 12.8 Å². The molecule has 3 rings (SSSR count). The van der Waals surface area contributed by atoms with Crippen molar-refractivity contribution in [2.75, 3.05) is 39.3 Å². The van der Waals surface area contributed by atoms with Crippen LogP contribution >= 0.6 is 0 Å². The van der Waals surface area contributed by atoms with E-state index in [1.54, 1.807) is 0 Å². The van der Waals surface area contributed by atoms with Crippen LogP contribution in [0.5, 0.6) is 5.75 Å². The summed E-state index contributed by atoms with van der Waals surface area (Å²) in [5.74, 6) is 1.37. The first-order valence-corrected chi connectivity index (χ1v) is 9.27. The Hall–Kier alpha value is -1.55. The average molecular weight is 330 g/mol. The molecule has 2 aliphatic heterocycles. The van der Waals surface area contributed by atoms with Crippen molar-refractivity contribution in [2.24, 2.45) is 11.3 Å². The SMILES string of the molecule is CC(C)C(=O)N1CC[C@@]2(CCCN(CCOc3ccccc3)C2)C1. The molecular weight excluding hydrogens is 300 g/mol. The minimum absolute atomic E-state index is 0.110. The Morgan fingerprint density at radius 1 is 1.17 bits per heavy atom. The normalized spacial score (nSPS) is 24.7. The van der Waals surface area contributed by atoms with Gasteiger partial charge in [0.15, 0.2) is 0 Å². The third kappa shape index (κ3) is 4.10. The van der Waals surface area contributed by atoms with Crippen molar-refractivity contribution in [1.82, 2.24) is 9.80 Å². The summed E-state index contributed by atoms with van der Waals surface area (Å²) in [6.45, 7) is 9.84. The van der Waals surface area contributed by atoms with Crippen LogP contribution in [0.15, 0.2) is 30.3 Å². The molecule has 1 aromatic rings.